The molecule has 10 nitrogen and oxygen atoms in total. The summed E-state index contributed by atoms with van der Waals surface area (Å²) in [5.41, 5.74) is 6.64. The lowest BCUT2D eigenvalue weighted by atomic mass is 9.85. The average Bonchev–Trinajstić information content (AvgIpc) is 3.28. The molecule has 1 saturated carbocycles. The fourth-order valence-electron chi connectivity index (χ4n) is 8.21. The molecule has 1 fully saturated rings. The van der Waals surface area contributed by atoms with Gasteiger partial charge in [-0.2, -0.15) is 5.26 Å². The lowest BCUT2D eigenvalue weighted by Gasteiger charge is -2.39. The zero-order chi connectivity index (χ0) is 41.8. The summed E-state index contributed by atoms with van der Waals surface area (Å²) in [5.74, 6) is -0.175. The Kier molecular flexibility index (Phi) is 12.3. The van der Waals surface area contributed by atoms with Gasteiger partial charge in [0, 0.05) is 25.3 Å². The molecule has 0 bridgehead atoms. The van der Waals surface area contributed by atoms with Gasteiger partial charge in [-0.3, -0.25) is 9.59 Å². The highest BCUT2D eigenvalue weighted by Gasteiger charge is 2.40. The monoisotopic (exact) mass is 843 g/mol. The summed E-state index contributed by atoms with van der Waals surface area (Å²) < 4.78 is 18.7. The van der Waals surface area contributed by atoms with Gasteiger partial charge in [-0.05, 0) is 100 Å². The van der Waals surface area contributed by atoms with Crippen LogP contribution in [0.3, 0.4) is 0 Å². The van der Waals surface area contributed by atoms with E-state index in [4.69, 9.17) is 42.7 Å². The SMILES string of the molecule is N#Cc1ccc(-c2ccc(C[C@H](NC(=O)[C@@H]3Cc4cc5c(cc4CN3C(=O)C3CCCCC3)OC(c3ccc(OCc4ccc(Cl)c(Cl)c4)cc3)CO5)C(=O)O)cc2)cc1. The molecule has 2 N–H and O–H groups in total. The van der Waals surface area contributed by atoms with Crippen molar-refractivity contribution in [2.24, 2.45) is 5.92 Å². The van der Waals surface area contributed by atoms with Crippen LogP contribution in [0, 0.1) is 17.2 Å². The molecule has 2 aliphatic heterocycles. The van der Waals surface area contributed by atoms with Gasteiger partial charge in [0.2, 0.25) is 11.8 Å². The second-order valence-corrected chi connectivity index (χ2v) is 16.4. The van der Waals surface area contributed by atoms with Gasteiger partial charge in [-0.1, -0.05) is 97.1 Å². The number of carbonyl (C=O) groups excluding carboxylic acids is 2. The summed E-state index contributed by atoms with van der Waals surface area (Å²) in [6, 6.07) is 31.5. The van der Waals surface area contributed by atoms with Crippen molar-refractivity contribution in [3.05, 3.63) is 147 Å². The van der Waals surface area contributed by atoms with Crippen molar-refractivity contribution in [1.82, 2.24) is 10.2 Å². The number of benzene rings is 5. The number of carbonyl (C=O) groups is 3. The quantitative estimate of drug-likeness (QED) is 0.134. The Hall–Kier alpha value is -6.02. The molecule has 2 amide bonds. The van der Waals surface area contributed by atoms with Crippen LogP contribution in [-0.2, 0) is 40.4 Å². The molecule has 5 aromatic rings. The van der Waals surface area contributed by atoms with E-state index in [0.29, 0.717) is 39.5 Å². The maximum atomic E-state index is 14.2. The van der Waals surface area contributed by atoms with Crippen LogP contribution >= 0.6 is 23.2 Å². The van der Waals surface area contributed by atoms with Crippen molar-refractivity contribution in [2.45, 2.75) is 76.3 Å². The lowest BCUT2D eigenvalue weighted by molar-refractivity contribution is -0.147. The zero-order valence-electron chi connectivity index (χ0n) is 32.7. The van der Waals surface area contributed by atoms with Gasteiger partial charge >= 0.3 is 5.97 Å². The smallest absolute Gasteiger partial charge is 0.326 e. The predicted octanol–water partition coefficient (Wildman–Crippen LogP) is 9.27. The van der Waals surface area contributed by atoms with E-state index in [-0.39, 0.29) is 43.9 Å². The van der Waals surface area contributed by atoms with E-state index in [1.165, 1.54) is 0 Å². The third kappa shape index (κ3) is 9.23. The second kappa shape index (κ2) is 18.1. The Morgan fingerprint density at radius 1 is 0.833 bits per heavy atom. The molecule has 8 rings (SSSR count). The first kappa shape index (κ1) is 40.7. The number of amides is 2. The molecule has 60 heavy (non-hydrogen) atoms. The summed E-state index contributed by atoms with van der Waals surface area (Å²) >= 11 is 12.2. The van der Waals surface area contributed by atoms with Gasteiger partial charge in [0.25, 0.3) is 0 Å². The molecule has 5 aromatic carbocycles. The van der Waals surface area contributed by atoms with E-state index in [9.17, 15) is 19.5 Å². The Morgan fingerprint density at radius 2 is 1.52 bits per heavy atom. The molecule has 3 atom stereocenters. The number of rotatable bonds is 11. The minimum Gasteiger partial charge on any atom is -0.489 e. The van der Waals surface area contributed by atoms with Crippen LogP contribution in [-0.4, -0.2) is 46.5 Å². The molecule has 0 spiro atoms. The lowest BCUT2D eigenvalue weighted by Crippen LogP contribution is -2.57. The summed E-state index contributed by atoms with van der Waals surface area (Å²) in [5, 5.41) is 23.1. The number of fused-ring (bicyclic) bond motifs is 2. The highest BCUT2D eigenvalue weighted by atomic mass is 35.5. The highest BCUT2D eigenvalue weighted by molar-refractivity contribution is 6.42. The second-order valence-electron chi connectivity index (χ2n) is 15.6. The number of ether oxygens (including phenoxy) is 3. The molecular formula is C48H43Cl2N3O7. The Bertz CT molecular complexity index is 2430. The molecule has 0 saturated heterocycles. The molecule has 3 aliphatic rings. The fraction of sp³-hybridized carbons (Fsp3) is 0.292. The van der Waals surface area contributed by atoms with Crippen LogP contribution in [0.2, 0.25) is 10.0 Å². The average molecular weight is 845 g/mol. The third-order valence-electron chi connectivity index (χ3n) is 11.6. The summed E-state index contributed by atoms with van der Waals surface area (Å²) in [6.07, 6.45) is 4.37. The standard InChI is InChI=1S/C48H43Cl2N3O7/c49-39-19-10-31(20-40(39)50)27-58-38-17-15-34(16-18-38)45-28-59-43-23-36-22-42(53(26-37(36)24-44(43)60-45)47(55)35-4-2-1-3-5-35)46(54)52-41(48(56)57)21-29-6-11-32(12-7-29)33-13-8-30(25-51)9-14-33/h6-20,23-24,35,41-42,45H,1-5,21-22,26-28H2,(H,52,54)(H,56,57)/t41-,42-,45?/m0/s1. The summed E-state index contributed by atoms with van der Waals surface area (Å²) in [6.45, 7) is 0.779. The molecule has 306 valence electrons. The van der Waals surface area contributed by atoms with Crippen molar-refractivity contribution in [2.75, 3.05) is 6.61 Å². The van der Waals surface area contributed by atoms with Gasteiger partial charge in [-0.15, -0.1) is 0 Å². The van der Waals surface area contributed by atoms with E-state index in [1.54, 1.807) is 29.2 Å². The van der Waals surface area contributed by atoms with E-state index >= 15 is 0 Å². The van der Waals surface area contributed by atoms with Crippen molar-refractivity contribution in [3.8, 4) is 34.4 Å². The molecule has 1 unspecified atom stereocenters. The number of hydrogen-bond donors (Lipinski definition) is 2. The van der Waals surface area contributed by atoms with Gasteiger partial charge in [0.05, 0.1) is 21.7 Å². The van der Waals surface area contributed by atoms with E-state index in [2.05, 4.69) is 11.4 Å². The molecule has 0 aromatic heterocycles. The van der Waals surface area contributed by atoms with Crippen LogP contribution in [0.1, 0.15) is 71.6 Å². The van der Waals surface area contributed by atoms with Gasteiger partial charge in [0.1, 0.15) is 31.0 Å². The van der Waals surface area contributed by atoms with E-state index in [1.807, 2.05) is 78.9 Å². The normalized spacial score (nSPS) is 17.8. The number of halogens is 2. The first-order valence-electron chi connectivity index (χ1n) is 20.2. The van der Waals surface area contributed by atoms with Gasteiger partial charge in [0.15, 0.2) is 17.6 Å². The maximum absolute atomic E-state index is 14.2. The van der Waals surface area contributed by atoms with Crippen molar-refractivity contribution in [3.63, 3.8) is 0 Å². The minimum absolute atomic E-state index is 0.0585. The number of carboxylic acid groups (broad SMARTS) is 1. The summed E-state index contributed by atoms with van der Waals surface area (Å²) in [7, 11) is 0. The first-order chi connectivity index (χ1) is 29.1. The zero-order valence-corrected chi connectivity index (χ0v) is 34.3. The molecule has 12 heteroatoms. The largest absolute Gasteiger partial charge is 0.489 e. The molecular weight excluding hydrogens is 801 g/mol. The van der Waals surface area contributed by atoms with Crippen molar-refractivity contribution < 1.29 is 33.7 Å². The van der Waals surface area contributed by atoms with Crippen LogP contribution in [0.15, 0.2) is 103 Å². The number of hydrogen-bond acceptors (Lipinski definition) is 7. The maximum Gasteiger partial charge on any atom is 0.326 e. The third-order valence-corrected chi connectivity index (χ3v) is 12.3. The topological polar surface area (TPSA) is 138 Å². The number of carboxylic acids is 1. The fourth-order valence-corrected chi connectivity index (χ4v) is 8.53. The Labute approximate surface area is 358 Å². The van der Waals surface area contributed by atoms with Crippen LogP contribution < -0.4 is 19.5 Å². The molecule has 1 aliphatic carbocycles. The predicted molar refractivity (Wildman–Crippen MR) is 227 cm³/mol. The van der Waals surface area contributed by atoms with Crippen molar-refractivity contribution in [1.29, 1.82) is 5.26 Å². The van der Waals surface area contributed by atoms with E-state index in [0.717, 1.165) is 71.0 Å². The number of nitriles is 1. The minimum atomic E-state index is -1.22. The van der Waals surface area contributed by atoms with Crippen LogP contribution in [0.5, 0.6) is 17.2 Å². The van der Waals surface area contributed by atoms with Gasteiger partial charge in [-0.25, -0.2) is 4.79 Å². The molecule has 2 heterocycles. The number of nitrogens with zero attached hydrogens (tertiary/aromatic N) is 2. The Balaban J connectivity index is 0.965. The first-order valence-corrected chi connectivity index (χ1v) is 20.9. The van der Waals surface area contributed by atoms with Crippen molar-refractivity contribution >= 4 is 41.0 Å². The van der Waals surface area contributed by atoms with Gasteiger partial charge < -0.3 is 29.5 Å². The summed E-state index contributed by atoms with van der Waals surface area (Å²) in [4.78, 5) is 42.6. The van der Waals surface area contributed by atoms with Crippen LogP contribution in [0.4, 0.5) is 0 Å². The highest BCUT2D eigenvalue weighted by Crippen LogP contribution is 2.41. The van der Waals surface area contributed by atoms with Crippen LogP contribution in [0.25, 0.3) is 11.1 Å². The molecule has 0 radical (unpaired) electrons. The number of nitrogens with one attached hydrogen (secondary N) is 1. The van der Waals surface area contributed by atoms with E-state index < -0.39 is 24.0 Å². The Morgan fingerprint density at radius 3 is 2.20 bits per heavy atom. The number of aliphatic carboxylic acids is 1.